The Morgan fingerprint density at radius 2 is 2.00 bits per heavy atom. The molecule has 0 unspecified atom stereocenters. The molecule has 1 heterocycles. The van der Waals surface area contributed by atoms with Crippen molar-refractivity contribution in [3.8, 4) is 5.75 Å². The number of rotatable bonds is 9. The number of aryl methyl sites for hydroxylation is 2. The van der Waals surface area contributed by atoms with Crippen LogP contribution in [0.4, 0.5) is 10.1 Å². The summed E-state index contributed by atoms with van der Waals surface area (Å²) in [5, 5.41) is 12.4. The molecular formula is C21H22ClFN4O2S. The van der Waals surface area contributed by atoms with Gasteiger partial charge in [0.15, 0.2) is 5.16 Å². The highest BCUT2D eigenvalue weighted by molar-refractivity contribution is 7.99. The molecule has 0 aliphatic rings. The van der Waals surface area contributed by atoms with Gasteiger partial charge in [-0.15, -0.1) is 10.2 Å². The van der Waals surface area contributed by atoms with E-state index in [0.717, 1.165) is 23.6 Å². The Hall–Kier alpha value is -2.58. The number of nitrogens with one attached hydrogen (secondary N) is 1. The van der Waals surface area contributed by atoms with Crippen molar-refractivity contribution in [2.45, 2.75) is 24.9 Å². The quantitative estimate of drug-likeness (QED) is 0.381. The zero-order chi connectivity index (χ0) is 21.5. The molecule has 0 spiro atoms. The van der Waals surface area contributed by atoms with E-state index in [4.69, 9.17) is 16.3 Å². The first kappa shape index (κ1) is 22.1. The Morgan fingerprint density at radius 3 is 2.73 bits per heavy atom. The monoisotopic (exact) mass is 448 g/mol. The second kappa shape index (κ2) is 10.4. The second-order valence-electron chi connectivity index (χ2n) is 6.66. The van der Waals surface area contributed by atoms with Gasteiger partial charge < -0.3 is 14.6 Å². The molecule has 158 valence electrons. The van der Waals surface area contributed by atoms with Gasteiger partial charge in [0.2, 0.25) is 5.91 Å². The van der Waals surface area contributed by atoms with E-state index < -0.39 is 0 Å². The van der Waals surface area contributed by atoms with Gasteiger partial charge in [0.1, 0.15) is 17.4 Å². The molecule has 0 saturated heterocycles. The number of carbonyl (C=O) groups excluding carboxylic acids is 1. The minimum Gasteiger partial charge on any atom is -0.493 e. The van der Waals surface area contributed by atoms with Crippen LogP contribution >= 0.6 is 23.4 Å². The molecule has 0 bridgehead atoms. The van der Waals surface area contributed by atoms with Crippen LogP contribution < -0.4 is 10.1 Å². The van der Waals surface area contributed by atoms with Gasteiger partial charge in [-0.05, 0) is 61.4 Å². The number of hydrogen-bond acceptors (Lipinski definition) is 5. The lowest BCUT2D eigenvalue weighted by Gasteiger charge is -2.09. The summed E-state index contributed by atoms with van der Waals surface area (Å²) in [5.74, 6) is 1.29. The molecule has 9 heteroatoms. The standard InChI is InChI=1S/C21H22ClFN4O2S/c1-14-12-15(22)5-10-18(14)29-11-3-4-19-25-26-21(27(19)2)30-13-20(28)24-17-8-6-16(23)7-9-17/h5-10,12H,3-4,11,13H2,1-2H3,(H,24,28). The predicted octanol–water partition coefficient (Wildman–Crippen LogP) is 4.66. The Kier molecular flexibility index (Phi) is 7.70. The third-order valence-corrected chi connectivity index (χ3v) is 5.58. The van der Waals surface area contributed by atoms with Crippen molar-refractivity contribution in [1.29, 1.82) is 0 Å². The average Bonchev–Trinajstić information content (AvgIpc) is 3.06. The average molecular weight is 449 g/mol. The normalized spacial score (nSPS) is 10.8. The predicted molar refractivity (Wildman–Crippen MR) is 117 cm³/mol. The number of amides is 1. The molecule has 1 amide bonds. The zero-order valence-corrected chi connectivity index (χ0v) is 18.3. The highest BCUT2D eigenvalue weighted by Gasteiger charge is 2.12. The highest BCUT2D eigenvalue weighted by atomic mass is 35.5. The largest absolute Gasteiger partial charge is 0.493 e. The van der Waals surface area contributed by atoms with Crippen molar-refractivity contribution in [3.63, 3.8) is 0 Å². The second-order valence-corrected chi connectivity index (χ2v) is 8.04. The number of anilines is 1. The fourth-order valence-corrected chi connectivity index (χ4v) is 3.69. The number of aromatic nitrogens is 3. The van der Waals surface area contributed by atoms with Gasteiger partial charge in [-0.2, -0.15) is 0 Å². The fraction of sp³-hybridized carbons (Fsp3) is 0.286. The van der Waals surface area contributed by atoms with Crippen molar-refractivity contribution in [3.05, 3.63) is 64.7 Å². The Morgan fingerprint density at radius 1 is 1.23 bits per heavy atom. The molecule has 0 aliphatic heterocycles. The number of thioether (sulfide) groups is 1. The molecule has 1 N–H and O–H groups in total. The van der Waals surface area contributed by atoms with E-state index in [0.29, 0.717) is 28.9 Å². The molecule has 6 nitrogen and oxygen atoms in total. The maximum atomic E-state index is 12.9. The zero-order valence-electron chi connectivity index (χ0n) is 16.7. The number of carbonyl (C=O) groups is 1. The molecule has 0 atom stereocenters. The lowest BCUT2D eigenvalue weighted by molar-refractivity contribution is -0.113. The first-order chi connectivity index (χ1) is 14.4. The van der Waals surface area contributed by atoms with Gasteiger partial charge in [-0.3, -0.25) is 4.79 Å². The van der Waals surface area contributed by atoms with Crippen molar-refractivity contribution in [1.82, 2.24) is 14.8 Å². The molecule has 30 heavy (non-hydrogen) atoms. The number of halogens is 2. The van der Waals surface area contributed by atoms with Gasteiger partial charge in [-0.25, -0.2) is 4.39 Å². The summed E-state index contributed by atoms with van der Waals surface area (Å²) in [6.07, 6.45) is 1.49. The number of ether oxygens (including phenoxy) is 1. The molecular weight excluding hydrogens is 427 g/mol. The van der Waals surface area contributed by atoms with E-state index in [9.17, 15) is 9.18 Å². The van der Waals surface area contributed by atoms with E-state index in [2.05, 4.69) is 15.5 Å². The highest BCUT2D eigenvalue weighted by Crippen LogP contribution is 2.22. The Bertz CT molecular complexity index is 1010. The molecule has 0 saturated carbocycles. The molecule has 0 aliphatic carbocycles. The molecule has 0 fully saturated rings. The summed E-state index contributed by atoms with van der Waals surface area (Å²) >= 11 is 7.25. The van der Waals surface area contributed by atoms with Crippen LogP contribution in [0.2, 0.25) is 5.02 Å². The van der Waals surface area contributed by atoms with Crippen LogP contribution in [0.1, 0.15) is 17.8 Å². The van der Waals surface area contributed by atoms with Crippen molar-refractivity contribution < 1.29 is 13.9 Å². The number of nitrogens with zero attached hydrogens (tertiary/aromatic N) is 3. The van der Waals surface area contributed by atoms with Crippen molar-refractivity contribution in [2.75, 3.05) is 17.7 Å². The number of hydrogen-bond donors (Lipinski definition) is 1. The van der Waals surface area contributed by atoms with Gasteiger partial charge >= 0.3 is 0 Å². The maximum Gasteiger partial charge on any atom is 0.234 e. The molecule has 1 aromatic heterocycles. The van der Waals surface area contributed by atoms with Crippen LogP contribution in [-0.4, -0.2) is 33.0 Å². The van der Waals surface area contributed by atoms with Crippen molar-refractivity contribution in [2.24, 2.45) is 7.05 Å². The fourth-order valence-electron chi connectivity index (χ4n) is 2.74. The SMILES string of the molecule is Cc1cc(Cl)ccc1OCCCc1nnc(SCC(=O)Nc2ccc(F)cc2)n1C. The first-order valence-electron chi connectivity index (χ1n) is 9.38. The molecule has 3 rings (SSSR count). The molecule has 0 radical (unpaired) electrons. The Balaban J connectivity index is 1.43. The van der Waals surface area contributed by atoms with Crippen LogP contribution in [0.15, 0.2) is 47.6 Å². The molecule has 3 aromatic rings. The summed E-state index contributed by atoms with van der Waals surface area (Å²) in [6.45, 7) is 2.51. The first-order valence-corrected chi connectivity index (χ1v) is 10.7. The van der Waals surface area contributed by atoms with Crippen LogP contribution in [0, 0.1) is 12.7 Å². The molecule has 2 aromatic carbocycles. The number of benzene rings is 2. The van der Waals surface area contributed by atoms with E-state index in [1.807, 2.05) is 36.7 Å². The van der Waals surface area contributed by atoms with Gasteiger partial charge in [0, 0.05) is 24.2 Å². The maximum absolute atomic E-state index is 12.9. The van der Waals surface area contributed by atoms with Gasteiger partial charge in [0.25, 0.3) is 0 Å². The van der Waals surface area contributed by atoms with Gasteiger partial charge in [0.05, 0.1) is 12.4 Å². The summed E-state index contributed by atoms with van der Waals surface area (Å²) in [7, 11) is 1.87. The van der Waals surface area contributed by atoms with E-state index in [1.54, 1.807) is 0 Å². The third kappa shape index (κ3) is 6.21. The minimum absolute atomic E-state index is 0.183. The minimum atomic E-state index is -0.345. The van der Waals surface area contributed by atoms with E-state index in [1.165, 1.54) is 36.0 Å². The smallest absolute Gasteiger partial charge is 0.234 e. The summed E-state index contributed by atoms with van der Waals surface area (Å²) in [5.41, 5.74) is 1.55. The summed E-state index contributed by atoms with van der Waals surface area (Å²) in [6, 6.07) is 11.2. The lowest BCUT2D eigenvalue weighted by atomic mass is 10.2. The van der Waals surface area contributed by atoms with E-state index >= 15 is 0 Å². The van der Waals surface area contributed by atoms with Crippen LogP contribution in [0.5, 0.6) is 5.75 Å². The van der Waals surface area contributed by atoms with Crippen LogP contribution in [0.25, 0.3) is 0 Å². The summed E-state index contributed by atoms with van der Waals surface area (Å²) < 4.78 is 20.6. The summed E-state index contributed by atoms with van der Waals surface area (Å²) in [4.78, 5) is 12.1. The van der Waals surface area contributed by atoms with Crippen LogP contribution in [0.3, 0.4) is 0 Å². The van der Waals surface area contributed by atoms with Crippen LogP contribution in [-0.2, 0) is 18.3 Å². The Labute approximate surface area is 183 Å². The van der Waals surface area contributed by atoms with Gasteiger partial charge in [-0.1, -0.05) is 23.4 Å². The van der Waals surface area contributed by atoms with Crippen molar-refractivity contribution >= 4 is 35.0 Å². The topological polar surface area (TPSA) is 69.0 Å². The third-order valence-electron chi connectivity index (χ3n) is 4.32. The van der Waals surface area contributed by atoms with E-state index in [-0.39, 0.29) is 17.5 Å². The lowest BCUT2D eigenvalue weighted by Crippen LogP contribution is -2.14.